The van der Waals surface area contributed by atoms with Crippen LogP contribution in [-0.4, -0.2) is 61.5 Å². The molecule has 0 saturated carbocycles. The van der Waals surface area contributed by atoms with Crippen LogP contribution >= 0.6 is 0 Å². The number of hydrogen-bond acceptors (Lipinski definition) is 8. The molecule has 0 fully saturated rings. The lowest BCUT2D eigenvalue weighted by atomic mass is 10.2. The maximum absolute atomic E-state index is 14.1. The molecule has 1 atom stereocenters. The van der Waals surface area contributed by atoms with E-state index in [9.17, 15) is 22.7 Å². The maximum Gasteiger partial charge on any atom is 0.270 e. The molecule has 0 aliphatic rings. The molecule has 4 aromatic rings. The lowest BCUT2D eigenvalue weighted by Gasteiger charge is -2.21. The number of ether oxygens (including phenoxy) is 1. The molecule has 1 amide bonds. The molecule has 0 spiro atoms. The second kappa shape index (κ2) is 10.1. The monoisotopic (exact) mass is 544 g/mol. The number of imidazole rings is 1. The quantitative estimate of drug-likeness (QED) is 0.345. The summed E-state index contributed by atoms with van der Waals surface area (Å²) in [7, 11) is -2.26. The van der Waals surface area contributed by atoms with Crippen molar-refractivity contribution in [1.82, 2.24) is 29.5 Å². The van der Waals surface area contributed by atoms with E-state index >= 15 is 0 Å². The second-order valence-corrected chi connectivity index (χ2v) is 12.3. The second-order valence-electron chi connectivity index (χ2n) is 9.67. The van der Waals surface area contributed by atoms with Crippen LogP contribution in [-0.2, 0) is 16.9 Å². The van der Waals surface area contributed by atoms with Crippen molar-refractivity contribution in [2.45, 2.75) is 43.4 Å². The van der Waals surface area contributed by atoms with Crippen LogP contribution in [0.5, 0.6) is 5.75 Å². The number of carbonyl (C=O) groups is 1. The third-order valence-electron chi connectivity index (χ3n) is 5.94. The van der Waals surface area contributed by atoms with Crippen molar-refractivity contribution < 1.29 is 27.4 Å². The first-order chi connectivity index (χ1) is 17.8. The van der Waals surface area contributed by atoms with Crippen LogP contribution < -0.4 is 10.1 Å². The molecule has 4 rings (SSSR count). The zero-order valence-electron chi connectivity index (χ0n) is 21.6. The lowest BCUT2D eigenvalue weighted by Crippen LogP contribution is -2.29. The average molecular weight is 545 g/mol. The number of fused-ring (bicyclic) bond motifs is 1. The number of aromatic nitrogens is 5. The van der Waals surface area contributed by atoms with E-state index in [1.807, 2.05) is 0 Å². The number of aliphatic hydroxyl groups is 1. The van der Waals surface area contributed by atoms with Gasteiger partial charge < -0.3 is 15.2 Å². The summed E-state index contributed by atoms with van der Waals surface area (Å²) in [6, 6.07) is 5.06. The van der Waals surface area contributed by atoms with Gasteiger partial charge in [0.2, 0.25) is 0 Å². The molecular weight excluding hydrogens is 515 g/mol. The molecule has 0 bridgehead atoms. The van der Waals surface area contributed by atoms with Gasteiger partial charge in [-0.1, -0.05) is 0 Å². The Balaban J connectivity index is 1.73. The molecule has 0 unspecified atom stereocenters. The molecule has 4 aromatic heterocycles. The summed E-state index contributed by atoms with van der Waals surface area (Å²) in [5.74, 6) is -0.941. The van der Waals surface area contributed by atoms with E-state index in [0.29, 0.717) is 17.0 Å². The van der Waals surface area contributed by atoms with Gasteiger partial charge in [-0.25, -0.2) is 17.8 Å². The van der Waals surface area contributed by atoms with E-state index < -0.39 is 32.4 Å². The molecule has 2 N–H and O–H groups in total. The summed E-state index contributed by atoms with van der Waals surface area (Å²) >= 11 is 0. The number of aryl methyl sites for hydroxylation is 1. The minimum absolute atomic E-state index is 0.0645. The standard InChI is InChI=1S/C25H29FN6O5S/c1-15(23-16(26)7-6-8-27-23)29-24(34)18-11-17(30-31(18)5)19-13-28-22-12-20(37-10-9-33)21(14-32(19)22)38(35,36)25(2,3)4/h6-8,11-15,33H,9-10H2,1-5H3,(H,29,34)/t15-/m1/s1. The first kappa shape index (κ1) is 27.2. The van der Waals surface area contributed by atoms with Crippen molar-refractivity contribution in [3.8, 4) is 17.1 Å². The predicted octanol–water partition coefficient (Wildman–Crippen LogP) is 2.70. The number of aliphatic hydroxyl groups excluding tert-OH is 1. The third-order valence-corrected chi connectivity index (χ3v) is 8.44. The van der Waals surface area contributed by atoms with Gasteiger partial charge in [-0.3, -0.25) is 18.9 Å². The molecule has 0 aliphatic carbocycles. The summed E-state index contributed by atoms with van der Waals surface area (Å²) < 4.78 is 48.2. The van der Waals surface area contributed by atoms with Crippen LogP contribution in [0, 0.1) is 5.82 Å². The highest BCUT2D eigenvalue weighted by atomic mass is 32.2. The van der Waals surface area contributed by atoms with Crippen molar-refractivity contribution in [3.05, 3.63) is 60.1 Å². The van der Waals surface area contributed by atoms with E-state index in [0.717, 1.165) is 0 Å². The number of carbonyl (C=O) groups excluding carboxylic acids is 1. The molecule has 202 valence electrons. The van der Waals surface area contributed by atoms with Crippen LogP contribution in [0.4, 0.5) is 4.39 Å². The zero-order chi connectivity index (χ0) is 27.8. The Morgan fingerprint density at radius 1 is 1.26 bits per heavy atom. The number of hydrogen-bond donors (Lipinski definition) is 2. The van der Waals surface area contributed by atoms with E-state index in [2.05, 4.69) is 20.4 Å². The third kappa shape index (κ3) is 4.98. The molecule has 4 heterocycles. The van der Waals surface area contributed by atoms with E-state index in [1.165, 1.54) is 47.5 Å². The average Bonchev–Trinajstić information content (AvgIpc) is 3.44. The van der Waals surface area contributed by atoms with E-state index in [-0.39, 0.29) is 35.2 Å². The van der Waals surface area contributed by atoms with Crippen molar-refractivity contribution in [3.63, 3.8) is 0 Å². The number of pyridine rings is 2. The molecule has 0 saturated heterocycles. The van der Waals surface area contributed by atoms with Crippen molar-refractivity contribution in [2.24, 2.45) is 7.05 Å². The van der Waals surface area contributed by atoms with Gasteiger partial charge in [0.05, 0.1) is 35.0 Å². The molecule has 38 heavy (non-hydrogen) atoms. The van der Waals surface area contributed by atoms with Gasteiger partial charge in [-0.15, -0.1) is 0 Å². The van der Waals surface area contributed by atoms with Gasteiger partial charge in [0.15, 0.2) is 9.84 Å². The molecule has 13 heteroatoms. The van der Waals surface area contributed by atoms with Crippen LogP contribution in [0.1, 0.15) is 49.9 Å². The molecule has 11 nitrogen and oxygen atoms in total. The lowest BCUT2D eigenvalue weighted by molar-refractivity contribution is 0.0929. The van der Waals surface area contributed by atoms with Crippen LogP contribution in [0.15, 0.2) is 47.8 Å². The fourth-order valence-electron chi connectivity index (χ4n) is 3.84. The summed E-state index contributed by atoms with van der Waals surface area (Å²) in [5, 5.41) is 16.3. The number of sulfone groups is 1. The van der Waals surface area contributed by atoms with Gasteiger partial charge in [-0.05, 0) is 45.9 Å². The van der Waals surface area contributed by atoms with Crippen molar-refractivity contribution in [2.75, 3.05) is 13.2 Å². The van der Waals surface area contributed by atoms with Crippen molar-refractivity contribution >= 4 is 21.4 Å². The molecular formula is C25H29FN6O5S. The van der Waals surface area contributed by atoms with Crippen LogP contribution in [0.2, 0.25) is 0 Å². The largest absolute Gasteiger partial charge is 0.490 e. The minimum atomic E-state index is -3.85. The van der Waals surface area contributed by atoms with Gasteiger partial charge in [0.25, 0.3) is 5.91 Å². The Bertz CT molecular complexity index is 1610. The summed E-state index contributed by atoms with van der Waals surface area (Å²) in [6.07, 6.45) is 4.36. The number of rotatable bonds is 8. The summed E-state index contributed by atoms with van der Waals surface area (Å²) in [5.41, 5.74) is 1.50. The molecule has 0 radical (unpaired) electrons. The highest BCUT2D eigenvalue weighted by Crippen LogP contribution is 2.34. The minimum Gasteiger partial charge on any atom is -0.490 e. The Morgan fingerprint density at radius 2 is 2.00 bits per heavy atom. The van der Waals surface area contributed by atoms with Gasteiger partial charge in [0.1, 0.15) is 40.1 Å². The first-order valence-corrected chi connectivity index (χ1v) is 13.3. The number of halogens is 1. The smallest absolute Gasteiger partial charge is 0.270 e. The fraction of sp³-hybridized carbons (Fsp3) is 0.360. The topological polar surface area (TPSA) is 141 Å². The number of nitrogens with one attached hydrogen (secondary N) is 1. The Morgan fingerprint density at radius 3 is 2.66 bits per heavy atom. The molecule has 0 aromatic carbocycles. The normalized spacial score (nSPS) is 13.0. The highest BCUT2D eigenvalue weighted by molar-refractivity contribution is 7.92. The van der Waals surface area contributed by atoms with E-state index in [4.69, 9.17) is 4.74 Å². The summed E-state index contributed by atoms with van der Waals surface area (Å²) in [4.78, 5) is 21.3. The Kier molecular flexibility index (Phi) is 7.26. The Labute approximate surface area is 219 Å². The van der Waals surface area contributed by atoms with Crippen molar-refractivity contribution in [1.29, 1.82) is 0 Å². The first-order valence-electron chi connectivity index (χ1n) is 11.8. The molecule has 0 aliphatic heterocycles. The Hall–Kier alpha value is -3.84. The van der Waals surface area contributed by atoms with Crippen LogP contribution in [0.25, 0.3) is 17.0 Å². The number of nitrogens with zero attached hydrogens (tertiary/aromatic N) is 5. The van der Waals surface area contributed by atoms with Gasteiger partial charge in [-0.2, -0.15) is 5.10 Å². The maximum atomic E-state index is 14.1. The van der Waals surface area contributed by atoms with E-state index in [1.54, 1.807) is 39.1 Å². The van der Waals surface area contributed by atoms with Gasteiger partial charge >= 0.3 is 0 Å². The zero-order valence-corrected chi connectivity index (χ0v) is 22.5. The number of amides is 1. The highest BCUT2D eigenvalue weighted by Gasteiger charge is 2.34. The fourth-order valence-corrected chi connectivity index (χ4v) is 5.12. The SMILES string of the molecule is C[C@@H](NC(=O)c1cc(-c2cnc3cc(OCCO)c(S(=O)(=O)C(C)(C)C)cn23)nn1C)c1ncccc1F. The van der Waals surface area contributed by atoms with Crippen LogP contribution in [0.3, 0.4) is 0 Å². The predicted molar refractivity (Wildman–Crippen MR) is 137 cm³/mol. The summed E-state index contributed by atoms with van der Waals surface area (Å²) in [6.45, 7) is 5.99. The van der Waals surface area contributed by atoms with Gasteiger partial charge in [0, 0.05) is 25.5 Å².